The molecular formula is C40H72N3O+. The first-order valence-electron chi connectivity index (χ1n) is 19.4. The molecular weight excluding hydrogens is 538 g/mol. The lowest BCUT2D eigenvalue weighted by atomic mass is 10.0. The summed E-state index contributed by atoms with van der Waals surface area (Å²) in [5.41, 5.74) is 1.40. The molecule has 252 valence electrons. The molecule has 0 aromatic heterocycles. The van der Waals surface area contributed by atoms with Gasteiger partial charge in [-0.3, -0.25) is 9.28 Å². The Balaban J connectivity index is 1.63. The van der Waals surface area contributed by atoms with Gasteiger partial charge in [-0.1, -0.05) is 173 Å². The quantitative estimate of drug-likeness (QED) is 0.0683. The number of unbranched alkanes of at least 4 members (excludes halogenated alkanes) is 20. The van der Waals surface area contributed by atoms with Gasteiger partial charge in [0.05, 0.1) is 13.1 Å². The number of quaternary nitrogens is 1. The fourth-order valence-electron chi connectivity index (χ4n) is 6.98. The molecule has 1 N–H and O–H groups in total. The number of carbonyl (C=O) groups excluding carboxylic acids is 1. The van der Waals surface area contributed by atoms with Crippen molar-refractivity contribution in [1.82, 2.24) is 5.32 Å². The van der Waals surface area contributed by atoms with Crippen LogP contribution in [0.3, 0.4) is 0 Å². The van der Waals surface area contributed by atoms with Gasteiger partial charge in [-0.2, -0.15) is 0 Å². The lowest BCUT2D eigenvalue weighted by Crippen LogP contribution is -2.51. The summed E-state index contributed by atoms with van der Waals surface area (Å²) < 4.78 is 0.996. The fourth-order valence-corrected chi connectivity index (χ4v) is 6.98. The fraction of sp³-hybridized carbons (Fsp3) is 0.800. The minimum absolute atomic E-state index is 0.242. The second kappa shape index (κ2) is 26.5. The first-order valence-corrected chi connectivity index (χ1v) is 19.4. The molecule has 1 atom stereocenters. The highest BCUT2D eigenvalue weighted by atomic mass is 16.1. The summed E-state index contributed by atoms with van der Waals surface area (Å²) in [6.07, 6.45) is 32.6. The first kappa shape index (κ1) is 38.5. The molecule has 4 nitrogen and oxygen atoms in total. The van der Waals surface area contributed by atoms with Crippen molar-refractivity contribution < 1.29 is 9.28 Å². The predicted octanol–water partition coefficient (Wildman–Crippen LogP) is 11.3. The summed E-state index contributed by atoms with van der Waals surface area (Å²) in [6.45, 7) is 9.53. The Labute approximate surface area is 273 Å². The molecule has 0 unspecified atom stereocenters. The normalized spacial score (nSPS) is 16.4. The molecule has 44 heavy (non-hydrogen) atoms. The second-order valence-electron chi connectivity index (χ2n) is 13.8. The number of nitrogens with one attached hydrogen (secondary N) is 1. The minimum Gasteiger partial charge on any atom is -0.356 e. The van der Waals surface area contributed by atoms with Crippen molar-refractivity contribution >= 4 is 11.7 Å². The lowest BCUT2D eigenvalue weighted by Gasteiger charge is -2.35. The second-order valence-corrected chi connectivity index (χ2v) is 13.8. The van der Waals surface area contributed by atoms with E-state index < -0.39 is 0 Å². The number of nitrogens with zero attached hydrogens (tertiary/aromatic N) is 2. The summed E-state index contributed by atoms with van der Waals surface area (Å²) in [5.74, 6) is 1.66. The van der Waals surface area contributed by atoms with Crippen LogP contribution in [-0.2, 0) is 11.3 Å². The first-order chi connectivity index (χ1) is 21.7. The molecule has 0 bridgehead atoms. The minimum atomic E-state index is 0.242. The summed E-state index contributed by atoms with van der Waals surface area (Å²) in [4.78, 5) is 17.6. The van der Waals surface area contributed by atoms with Crippen LogP contribution in [0.1, 0.15) is 180 Å². The maximum absolute atomic E-state index is 12.5. The van der Waals surface area contributed by atoms with Crippen LogP contribution in [0.15, 0.2) is 35.3 Å². The molecule has 1 aliphatic rings. The zero-order valence-corrected chi connectivity index (χ0v) is 29.4. The summed E-state index contributed by atoms with van der Waals surface area (Å²) >= 11 is 0. The number of hydrogen-bond acceptors (Lipinski definition) is 2. The smallest absolute Gasteiger partial charge is 0.219 e. The Morgan fingerprint density at radius 3 is 1.70 bits per heavy atom. The van der Waals surface area contributed by atoms with Gasteiger partial charge in [-0.05, 0) is 12.8 Å². The Hall–Kier alpha value is -1.68. The highest BCUT2D eigenvalue weighted by Gasteiger charge is 2.37. The molecule has 2 rings (SSSR count). The van der Waals surface area contributed by atoms with E-state index >= 15 is 0 Å². The molecule has 1 amide bonds. The Kier molecular flexibility index (Phi) is 23.2. The van der Waals surface area contributed by atoms with Gasteiger partial charge in [0, 0.05) is 31.4 Å². The largest absolute Gasteiger partial charge is 0.356 e. The third kappa shape index (κ3) is 18.3. The number of benzene rings is 1. The summed E-state index contributed by atoms with van der Waals surface area (Å²) in [6, 6.07) is 11.0. The van der Waals surface area contributed by atoms with Gasteiger partial charge < -0.3 is 5.32 Å². The highest BCUT2D eigenvalue weighted by molar-refractivity contribution is 5.77. The number of hydrogen-bond donors (Lipinski definition) is 1. The van der Waals surface area contributed by atoms with Crippen LogP contribution in [0.25, 0.3) is 0 Å². The van der Waals surface area contributed by atoms with E-state index in [4.69, 9.17) is 4.99 Å². The topological polar surface area (TPSA) is 41.5 Å². The molecule has 4 heteroatoms. The van der Waals surface area contributed by atoms with Crippen molar-refractivity contribution in [3.8, 4) is 0 Å². The molecule has 0 saturated heterocycles. The van der Waals surface area contributed by atoms with Gasteiger partial charge in [0.25, 0.3) is 0 Å². The lowest BCUT2D eigenvalue weighted by molar-refractivity contribution is -0.850. The maximum atomic E-state index is 12.5. The SMILES string of the molecule is CCCCCCCCCCCCCC(=O)NCCC[N@+]1(Cc2ccccc2)CCN=C1CCCCCCCCCCCCC. The number of rotatable bonds is 30. The standard InChI is InChI=1S/C40H71N3O/c1-3-5-7-9-11-13-15-17-19-21-26-31-39-41-34-36-43(39,37-38-29-24-23-25-30-38)35-28-33-42-40(44)32-27-22-20-18-16-14-12-10-8-6-4-2/h23-25,29-30H,3-22,26-28,31-37H2,1-2H3/p+1/t43-/m1/s1. The number of aliphatic imine (C=N–C) groups is 1. The van der Waals surface area contributed by atoms with Crippen LogP contribution in [0, 0.1) is 0 Å². The zero-order chi connectivity index (χ0) is 31.4. The van der Waals surface area contributed by atoms with Gasteiger partial charge in [0.1, 0.15) is 13.1 Å². The number of amidine groups is 1. The van der Waals surface area contributed by atoms with E-state index in [0.29, 0.717) is 6.42 Å². The Bertz CT molecular complexity index is 838. The molecule has 0 saturated carbocycles. The average Bonchev–Trinajstić information content (AvgIpc) is 3.43. The van der Waals surface area contributed by atoms with Gasteiger partial charge >= 0.3 is 0 Å². The zero-order valence-electron chi connectivity index (χ0n) is 29.4. The van der Waals surface area contributed by atoms with E-state index in [1.807, 2.05) is 0 Å². The molecule has 1 aliphatic heterocycles. The van der Waals surface area contributed by atoms with Crippen molar-refractivity contribution in [3.05, 3.63) is 35.9 Å². The molecule has 1 aromatic carbocycles. The van der Waals surface area contributed by atoms with Crippen LogP contribution in [0.2, 0.25) is 0 Å². The van der Waals surface area contributed by atoms with Crippen LogP contribution in [0.4, 0.5) is 0 Å². The van der Waals surface area contributed by atoms with Crippen LogP contribution < -0.4 is 5.32 Å². The van der Waals surface area contributed by atoms with Gasteiger partial charge in [-0.15, -0.1) is 0 Å². The molecule has 1 aromatic rings. The van der Waals surface area contributed by atoms with Crippen molar-refractivity contribution in [2.24, 2.45) is 4.99 Å². The van der Waals surface area contributed by atoms with E-state index in [0.717, 1.165) is 56.5 Å². The highest BCUT2D eigenvalue weighted by Crippen LogP contribution is 2.25. The van der Waals surface area contributed by atoms with Crippen molar-refractivity contribution in [3.63, 3.8) is 0 Å². The summed E-state index contributed by atoms with van der Waals surface area (Å²) in [7, 11) is 0. The molecule has 0 fully saturated rings. The van der Waals surface area contributed by atoms with Gasteiger partial charge in [-0.25, -0.2) is 4.99 Å². The molecule has 0 radical (unpaired) electrons. The van der Waals surface area contributed by atoms with E-state index in [-0.39, 0.29) is 5.91 Å². The van der Waals surface area contributed by atoms with Crippen molar-refractivity contribution in [2.75, 3.05) is 26.2 Å². The third-order valence-electron chi connectivity index (χ3n) is 9.79. The van der Waals surface area contributed by atoms with Crippen LogP contribution in [0.5, 0.6) is 0 Å². The van der Waals surface area contributed by atoms with E-state index in [1.54, 1.807) is 0 Å². The number of carbonyl (C=O) groups is 1. The van der Waals surface area contributed by atoms with Crippen molar-refractivity contribution in [2.45, 2.75) is 181 Å². The average molecular weight is 611 g/mol. The van der Waals surface area contributed by atoms with Gasteiger partial charge in [0.15, 0.2) is 5.84 Å². The molecule has 0 spiro atoms. The third-order valence-corrected chi connectivity index (χ3v) is 9.79. The number of amides is 1. The Morgan fingerprint density at radius 1 is 0.659 bits per heavy atom. The molecule has 0 aliphatic carbocycles. The van der Waals surface area contributed by atoms with E-state index in [9.17, 15) is 4.79 Å². The van der Waals surface area contributed by atoms with E-state index in [2.05, 4.69) is 49.5 Å². The van der Waals surface area contributed by atoms with E-state index in [1.165, 1.54) is 146 Å². The van der Waals surface area contributed by atoms with Crippen molar-refractivity contribution in [1.29, 1.82) is 0 Å². The Morgan fingerprint density at radius 2 is 1.16 bits per heavy atom. The molecule has 1 heterocycles. The van der Waals surface area contributed by atoms with Gasteiger partial charge in [0.2, 0.25) is 5.91 Å². The van der Waals surface area contributed by atoms with Crippen LogP contribution >= 0.6 is 0 Å². The monoisotopic (exact) mass is 611 g/mol. The predicted molar refractivity (Wildman–Crippen MR) is 192 cm³/mol. The maximum Gasteiger partial charge on any atom is 0.219 e. The van der Waals surface area contributed by atoms with Crippen LogP contribution in [-0.4, -0.2) is 42.4 Å². The summed E-state index contributed by atoms with van der Waals surface area (Å²) in [5, 5.41) is 3.24.